The Balaban J connectivity index is 2.46. The maximum Gasteiger partial charge on any atom is 0.331 e. The molecule has 0 aromatic heterocycles. The molecular formula is C24H36N3O2PS. The Morgan fingerprint density at radius 2 is 1.65 bits per heavy atom. The highest BCUT2D eigenvalue weighted by Crippen LogP contribution is 2.36. The minimum atomic E-state index is -3.13. The molecule has 0 spiro atoms. The standard InChI is InChI=1S/C24H36N3O2PS/c1-7-17(4)21-10-9-11-22(19(6)30)23(21)25-24(28)27-31(29,26-18(5)8-2)20-14-12-16(3)13-15-20/h9-15,17-19H,7-8,30H2,1-6H3,(H2,25,26,27,28,29)/t17?,18?,19-,31?/m0/s1. The second kappa shape index (κ2) is 11.1. The predicted molar refractivity (Wildman–Crippen MR) is 135 cm³/mol. The van der Waals surface area contributed by atoms with Crippen LogP contribution in [0.2, 0.25) is 0 Å². The van der Waals surface area contributed by atoms with Gasteiger partial charge in [-0.1, -0.05) is 63.6 Å². The molecule has 0 radical (unpaired) electrons. The first-order valence-electron chi connectivity index (χ1n) is 10.9. The monoisotopic (exact) mass is 461 g/mol. The van der Waals surface area contributed by atoms with Gasteiger partial charge in [0.1, 0.15) is 0 Å². The number of carbonyl (C=O) groups is 1. The number of anilines is 1. The molecule has 4 unspecified atom stereocenters. The van der Waals surface area contributed by atoms with E-state index < -0.39 is 15.9 Å². The number of hydrogen-bond donors (Lipinski definition) is 2. The zero-order valence-corrected chi connectivity index (χ0v) is 21.4. The van der Waals surface area contributed by atoms with Crippen LogP contribution in [0.1, 0.15) is 75.7 Å². The molecule has 0 fully saturated rings. The van der Waals surface area contributed by atoms with Crippen molar-refractivity contribution in [1.82, 2.24) is 4.72 Å². The van der Waals surface area contributed by atoms with Crippen molar-refractivity contribution in [1.29, 1.82) is 0 Å². The van der Waals surface area contributed by atoms with Gasteiger partial charge in [0.15, 0.2) is 9.92 Å². The molecule has 7 heteroatoms. The third-order valence-electron chi connectivity index (χ3n) is 5.49. The largest absolute Gasteiger partial charge is 0.331 e. The molecule has 0 aliphatic carbocycles. The molecule has 5 nitrogen and oxygen atoms in total. The van der Waals surface area contributed by atoms with Gasteiger partial charge in [-0.15, -0.1) is 9.24 Å². The number of aryl methyl sites for hydroxylation is 1. The normalized spacial score (nSPS) is 16.0. The summed E-state index contributed by atoms with van der Waals surface area (Å²) >= 11 is 0. The molecule has 0 bridgehead atoms. The van der Waals surface area contributed by atoms with Gasteiger partial charge in [-0.2, -0.15) is 0 Å². The van der Waals surface area contributed by atoms with E-state index in [-0.39, 0.29) is 17.6 Å². The second-order valence-electron chi connectivity index (χ2n) is 8.17. The lowest BCUT2D eigenvalue weighted by atomic mass is 9.93. The minimum Gasteiger partial charge on any atom is -0.307 e. The fraction of sp³-hybridized carbons (Fsp3) is 0.458. The number of hydrogen-bond acceptors (Lipinski definition) is 3. The van der Waals surface area contributed by atoms with E-state index in [2.05, 4.69) is 44.4 Å². The SMILES string of the molecule is CCC(C)N=S(=O)(NC(=O)Nc1c(C(C)CC)cccc1[C@H](C)P)c1ccc(C)cc1. The lowest BCUT2D eigenvalue weighted by Crippen LogP contribution is -2.35. The van der Waals surface area contributed by atoms with Gasteiger partial charge >= 0.3 is 6.03 Å². The maximum absolute atomic E-state index is 13.8. The molecule has 0 aliphatic rings. The van der Waals surface area contributed by atoms with Crippen LogP contribution >= 0.6 is 9.24 Å². The van der Waals surface area contributed by atoms with E-state index in [0.717, 1.165) is 35.2 Å². The summed E-state index contributed by atoms with van der Waals surface area (Å²) in [6.07, 6.45) is 1.69. The molecule has 2 N–H and O–H groups in total. The van der Waals surface area contributed by atoms with Crippen molar-refractivity contribution in [3.05, 3.63) is 59.2 Å². The van der Waals surface area contributed by atoms with Crippen molar-refractivity contribution < 1.29 is 9.00 Å². The Morgan fingerprint density at radius 1 is 1.03 bits per heavy atom. The minimum absolute atomic E-state index is 0.149. The summed E-state index contributed by atoms with van der Waals surface area (Å²) < 4.78 is 21.0. The third kappa shape index (κ3) is 6.54. The summed E-state index contributed by atoms with van der Waals surface area (Å²) in [5.74, 6) is 0.283. The van der Waals surface area contributed by atoms with Gasteiger partial charge in [-0.05, 0) is 61.5 Å². The first kappa shape index (κ1) is 25.4. The molecule has 31 heavy (non-hydrogen) atoms. The van der Waals surface area contributed by atoms with Gasteiger partial charge in [-0.3, -0.25) is 0 Å². The summed E-state index contributed by atoms with van der Waals surface area (Å²) in [6, 6.07) is 12.7. The molecule has 5 atom stereocenters. The molecular weight excluding hydrogens is 425 g/mol. The number of nitrogens with zero attached hydrogens (tertiary/aromatic N) is 1. The fourth-order valence-electron chi connectivity index (χ4n) is 3.20. The molecule has 170 valence electrons. The van der Waals surface area contributed by atoms with Crippen LogP contribution in [0, 0.1) is 6.92 Å². The Morgan fingerprint density at radius 3 is 2.19 bits per heavy atom. The van der Waals surface area contributed by atoms with Gasteiger partial charge in [0.2, 0.25) is 0 Å². The summed E-state index contributed by atoms with van der Waals surface area (Å²) in [6.45, 7) is 12.2. The topological polar surface area (TPSA) is 70.6 Å². The number of nitrogens with one attached hydrogen (secondary N) is 2. The van der Waals surface area contributed by atoms with Crippen molar-refractivity contribution >= 4 is 30.9 Å². The molecule has 0 heterocycles. The molecule has 0 saturated carbocycles. The van der Waals surface area contributed by atoms with E-state index in [1.165, 1.54) is 0 Å². The highest BCUT2D eigenvalue weighted by molar-refractivity contribution is 7.92. The summed E-state index contributed by atoms with van der Waals surface area (Å²) in [4.78, 5) is 13.6. The van der Waals surface area contributed by atoms with E-state index in [1.54, 1.807) is 12.1 Å². The lowest BCUT2D eigenvalue weighted by Gasteiger charge is -2.22. The van der Waals surface area contributed by atoms with Crippen LogP contribution in [0.4, 0.5) is 10.5 Å². The number of amides is 2. The van der Waals surface area contributed by atoms with Crippen LogP contribution in [0.3, 0.4) is 0 Å². The van der Waals surface area contributed by atoms with E-state index in [0.29, 0.717) is 4.90 Å². The zero-order chi connectivity index (χ0) is 23.2. The number of rotatable bonds is 8. The second-order valence-corrected chi connectivity index (χ2v) is 11.1. The van der Waals surface area contributed by atoms with Gasteiger partial charge in [0.05, 0.1) is 10.9 Å². The molecule has 2 rings (SSSR count). The number of para-hydroxylation sites is 1. The average Bonchev–Trinajstić information content (AvgIpc) is 2.73. The first-order chi connectivity index (χ1) is 14.6. The maximum atomic E-state index is 13.8. The molecule has 0 saturated heterocycles. The van der Waals surface area contributed by atoms with Crippen LogP contribution < -0.4 is 10.0 Å². The van der Waals surface area contributed by atoms with Crippen molar-refractivity contribution in [2.45, 2.75) is 76.9 Å². The molecule has 2 aromatic carbocycles. The van der Waals surface area contributed by atoms with Crippen molar-refractivity contribution in [3.8, 4) is 0 Å². The number of benzene rings is 2. The predicted octanol–water partition coefficient (Wildman–Crippen LogP) is 6.81. The average molecular weight is 462 g/mol. The van der Waals surface area contributed by atoms with Crippen LogP contribution in [0.5, 0.6) is 0 Å². The van der Waals surface area contributed by atoms with Crippen LogP contribution in [-0.2, 0) is 9.92 Å². The van der Waals surface area contributed by atoms with E-state index in [1.807, 2.05) is 51.1 Å². The Bertz CT molecular complexity index is 1010. The quantitative estimate of drug-likeness (QED) is 0.424. The molecule has 2 amide bonds. The Kier molecular flexibility index (Phi) is 9.08. The fourth-order valence-corrected chi connectivity index (χ4v) is 5.24. The number of urea groups is 1. The number of carbonyl (C=O) groups excluding carboxylic acids is 1. The van der Waals surface area contributed by atoms with Gasteiger partial charge in [0, 0.05) is 5.69 Å². The highest BCUT2D eigenvalue weighted by Gasteiger charge is 2.21. The molecule has 0 aliphatic heterocycles. The van der Waals surface area contributed by atoms with E-state index >= 15 is 0 Å². The first-order valence-corrected chi connectivity index (χ1v) is 13.1. The Hall–Kier alpha value is -1.91. The van der Waals surface area contributed by atoms with Gasteiger partial charge in [0.25, 0.3) is 0 Å². The van der Waals surface area contributed by atoms with Gasteiger partial charge in [-0.25, -0.2) is 18.1 Å². The van der Waals surface area contributed by atoms with Crippen LogP contribution in [0.25, 0.3) is 0 Å². The van der Waals surface area contributed by atoms with E-state index in [4.69, 9.17) is 0 Å². The third-order valence-corrected chi connectivity index (χ3v) is 7.88. The summed E-state index contributed by atoms with van der Waals surface area (Å²) in [5.41, 5.74) is 4.10. The summed E-state index contributed by atoms with van der Waals surface area (Å²) in [7, 11) is -0.348. The van der Waals surface area contributed by atoms with Crippen molar-refractivity contribution in [3.63, 3.8) is 0 Å². The van der Waals surface area contributed by atoms with Crippen molar-refractivity contribution in [2.75, 3.05) is 5.32 Å². The lowest BCUT2D eigenvalue weighted by molar-refractivity contribution is 0.256. The Labute approximate surface area is 190 Å². The van der Waals surface area contributed by atoms with Gasteiger partial charge < -0.3 is 5.32 Å². The van der Waals surface area contributed by atoms with Crippen molar-refractivity contribution in [2.24, 2.45) is 4.36 Å². The summed E-state index contributed by atoms with van der Waals surface area (Å²) in [5, 5.41) is 3.00. The molecule has 2 aromatic rings. The zero-order valence-electron chi connectivity index (χ0n) is 19.4. The van der Waals surface area contributed by atoms with Crippen LogP contribution in [-0.4, -0.2) is 16.3 Å². The highest BCUT2D eigenvalue weighted by atomic mass is 32.2. The van der Waals surface area contributed by atoms with Crippen LogP contribution in [0.15, 0.2) is 51.7 Å². The van der Waals surface area contributed by atoms with E-state index in [9.17, 15) is 9.00 Å². The smallest absolute Gasteiger partial charge is 0.307 e.